The van der Waals surface area contributed by atoms with Gasteiger partial charge in [0.05, 0.1) is 12.2 Å². The van der Waals surface area contributed by atoms with Gasteiger partial charge in [0.1, 0.15) is 17.3 Å². The maximum absolute atomic E-state index is 14.0. The Morgan fingerprint density at radius 3 is 2.48 bits per heavy atom. The maximum Gasteiger partial charge on any atom is 0.208 e. The number of rotatable bonds is 9. The number of piperazine rings is 1. The quantitative estimate of drug-likeness (QED) is 0.520. The van der Waals surface area contributed by atoms with Gasteiger partial charge >= 0.3 is 0 Å². The fourth-order valence-electron chi connectivity index (χ4n) is 4.05. The topological polar surface area (TPSA) is 44.5 Å². The van der Waals surface area contributed by atoms with Crippen LogP contribution in [0.25, 0.3) is 11.3 Å². The first-order chi connectivity index (χ1) is 15.2. The van der Waals surface area contributed by atoms with Crippen LogP contribution in [0.5, 0.6) is 0 Å². The predicted molar refractivity (Wildman–Crippen MR) is 123 cm³/mol. The number of anilines is 1. The monoisotopic (exact) mass is 422 g/mol. The molecule has 164 valence electrons. The molecule has 1 aliphatic rings. The van der Waals surface area contributed by atoms with Crippen LogP contribution in [-0.4, -0.2) is 49.2 Å². The second-order valence-electron chi connectivity index (χ2n) is 7.95. The zero-order chi connectivity index (χ0) is 21.5. The average molecular weight is 423 g/mol. The zero-order valence-corrected chi connectivity index (χ0v) is 18.2. The summed E-state index contributed by atoms with van der Waals surface area (Å²) in [4.78, 5) is 9.30. The second kappa shape index (κ2) is 10.6. The molecule has 1 fully saturated rings. The molecule has 1 N–H and O–H groups in total. The third-order valence-corrected chi connectivity index (χ3v) is 5.71. The molecule has 0 atom stereocenters. The standard InChI is InChI=1S/C25H31FN4O/c1-2-8-23-25(20-9-4-3-5-10-20)28-24(31-23)19-27-13-14-29-15-17-30(18-16-29)22-12-7-6-11-21(22)26/h3-7,9-12,27H,2,8,13-19H2,1H3. The van der Waals surface area contributed by atoms with E-state index >= 15 is 0 Å². The van der Waals surface area contributed by atoms with Crippen molar-refractivity contribution in [2.75, 3.05) is 44.2 Å². The minimum atomic E-state index is -0.138. The van der Waals surface area contributed by atoms with Crippen molar-refractivity contribution in [1.82, 2.24) is 15.2 Å². The molecule has 2 heterocycles. The fraction of sp³-hybridized carbons (Fsp3) is 0.400. The van der Waals surface area contributed by atoms with E-state index in [9.17, 15) is 4.39 Å². The van der Waals surface area contributed by atoms with E-state index in [1.165, 1.54) is 6.07 Å². The molecular formula is C25H31FN4O. The summed E-state index contributed by atoms with van der Waals surface area (Å²) in [5, 5.41) is 3.46. The molecule has 5 nitrogen and oxygen atoms in total. The Morgan fingerprint density at radius 1 is 1.00 bits per heavy atom. The molecule has 1 saturated heterocycles. The van der Waals surface area contributed by atoms with Crippen molar-refractivity contribution in [1.29, 1.82) is 0 Å². The molecule has 3 aromatic rings. The third kappa shape index (κ3) is 5.51. The zero-order valence-electron chi connectivity index (χ0n) is 18.2. The lowest BCUT2D eigenvalue weighted by atomic mass is 10.1. The van der Waals surface area contributed by atoms with E-state index < -0.39 is 0 Å². The summed E-state index contributed by atoms with van der Waals surface area (Å²) < 4.78 is 20.0. The van der Waals surface area contributed by atoms with Gasteiger partial charge < -0.3 is 14.6 Å². The number of benzene rings is 2. The smallest absolute Gasteiger partial charge is 0.208 e. The summed E-state index contributed by atoms with van der Waals surface area (Å²) in [5.74, 6) is 1.57. The van der Waals surface area contributed by atoms with Crippen LogP contribution in [0.2, 0.25) is 0 Å². The van der Waals surface area contributed by atoms with Gasteiger partial charge in [-0.3, -0.25) is 4.90 Å². The Morgan fingerprint density at radius 2 is 1.74 bits per heavy atom. The Kier molecular flexibility index (Phi) is 7.33. The van der Waals surface area contributed by atoms with Crippen LogP contribution in [0.15, 0.2) is 59.0 Å². The van der Waals surface area contributed by atoms with Crippen molar-refractivity contribution in [3.8, 4) is 11.3 Å². The highest BCUT2D eigenvalue weighted by Crippen LogP contribution is 2.25. The summed E-state index contributed by atoms with van der Waals surface area (Å²) in [6.45, 7) is 8.18. The lowest BCUT2D eigenvalue weighted by Crippen LogP contribution is -2.48. The van der Waals surface area contributed by atoms with Crippen LogP contribution in [0.1, 0.15) is 25.0 Å². The van der Waals surface area contributed by atoms with Crippen LogP contribution in [0, 0.1) is 5.82 Å². The van der Waals surface area contributed by atoms with Crippen LogP contribution < -0.4 is 10.2 Å². The number of hydrogen-bond acceptors (Lipinski definition) is 5. The molecule has 1 aromatic heterocycles. The van der Waals surface area contributed by atoms with E-state index in [1.807, 2.05) is 30.3 Å². The van der Waals surface area contributed by atoms with Gasteiger partial charge in [0.15, 0.2) is 0 Å². The Hall–Kier alpha value is -2.70. The van der Waals surface area contributed by atoms with Crippen molar-refractivity contribution < 1.29 is 8.81 Å². The molecule has 0 radical (unpaired) electrons. The van der Waals surface area contributed by atoms with E-state index in [2.05, 4.69) is 34.2 Å². The largest absolute Gasteiger partial charge is 0.444 e. The number of hydrogen-bond donors (Lipinski definition) is 1. The lowest BCUT2D eigenvalue weighted by molar-refractivity contribution is 0.255. The highest BCUT2D eigenvalue weighted by molar-refractivity contribution is 5.61. The number of aromatic nitrogens is 1. The summed E-state index contributed by atoms with van der Waals surface area (Å²) in [5.41, 5.74) is 2.78. The highest BCUT2D eigenvalue weighted by atomic mass is 19.1. The molecule has 2 aromatic carbocycles. The van der Waals surface area contributed by atoms with Crippen molar-refractivity contribution in [3.05, 3.63) is 72.1 Å². The third-order valence-electron chi connectivity index (χ3n) is 5.71. The Bertz CT molecular complexity index is 951. The SMILES string of the molecule is CCCc1oc(CNCCN2CCN(c3ccccc3F)CC2)nc1-c1ccccc1. The van der Waals surface area contributed by atoms with Gasteiger partial charge in [-0.15, -0.1) is 0 Å². The molecule has 1 aliphatic heterocycles. The van der Waals surface area contributed by atoms with Crippen LogP contribution in [0.4, 0.5) is 10.1 Å². The van der Waals surface area contributed by atoms with Crippen molar-refractivity contribution >= 4 is 5.69 Å². The molecule has 0 aliphatic carbocycles. The summed E-state index contributed by atoms with van der Waals surface area (Å²) in [7, 11) is 0. The van der Waals surface area contributed by atoms with E-state index in [0.29, 0.717) is 12.2 Å². The number of nitrogens with one attached hydrogen (secondary N) is 1. The molecule has 31 heavy (non-hydrogen) atoms. The first-order valence-electron chi connectivity index (χ1n) is 11.2. The van der Waals surface area contributed by atoms with Crippen LogP contribution >= 0.6 is 0 Å². The fourth-order valence-corrected chi connectivity index (χ4v) is 4.05. The second-order valence-corrected chi connectivity index (χ2v) is 7.95. The number of para-hydroxylation sites is 1. The average Bonchev–Trinajstić information content (AvgIpc) is 3.21. The minimum absolute atomic E-state index is 0.138. The highest BCUT2D eigenvalue weighted by Gasteiger charge is 2.19. The van der Waals surface area contributed by atoms with Crippen molar-refractivity contribution in [2.24, 2.45) is 0 Å². The predicted octanol–water partition coefficient (Wildman–Crippen LogP) is 4.35. The number of halogens is 1. The summed E-state index contributed by atoms with van der Waals surface area (Å²) in [6, 6.07) is 17.3. The van der Waals surface area contributed by atoms with Crippen LogP contribution in [0.3, 0.4) is 0 Å². The lowest BCUT2D eigenvalue weighted by Gasteiger charge is -2.36. The molecule has 0 amide bonds. The van der Waals surface area contributed by atoms with Gasteiger partial charge in [0, 0.05) is 51.3 Å². The molecule has 4 rings (SSSR count). The van der Waals surface area contributed by atoms with Crippen molar-refractivity contribution in [3.63, 3.8) is 0 Å². The molecule has 0 spiro atoms. The Labute approximate surface area is 183 Å². The van der Waals surface area contributed by atoms with Gasteiger partial charge in [-0.1, -0.05) is 49.4 Å². The van der Waals surface area contributed by atoms with Crippen LogP contribution in [-0.2, 0) is 13.0 Å². The molecule has 0 unspecified atom stereocenters. The van der Waals surface area contributed by atoms with E-state index in [-0.39, 0.29) is 5.82 Å². The van der Waals surface area contributed by atoms with Gasteiger partial charge in [-0.25, -0.2) is 9.37 Å². The van der Waals surface area contributed by atoms with E-state index in [1.54, 1.807) is 6.07 Å². The first kappa shape index (κ1) is 21.5. The number of oxazole rings is 1. The van der Waals surface area contributed by atoms with Gasteiger partial charge in [0.25, 0.3) is 0 Å². The first-order valence-corrected chi connectivity index (χ1v) is 11.2. The van der Waals surface area contributed by atoms with Gasteiger partial charge in [0.2, 0.25) is 5.89 Å². The van der Waals surface area contributed by atoms with E-state index in [0.717, 1.165) is 75.0 Å². The van der Waals surface area contributed by atoms with Gasteiger partial charge in [-0.2, -0.15) is 0 Å². The summed E-state index contributed by atoms with van der Waals surface area (Å²) in [6.07, 6.45) is 1.92. The number of nitrogens with zero attached hydrogens (tertiary/aromatic N) is 3. The van der Waals surface area contributed by atoms with E-state index in [4.69, 9.17) is 9.40 Å². The summed E-state index contributed by atoms with van der Waals surface area (Å²) >= 11 is 0. The van der Waals surface area contributed by atoms with Gasteiger partial charge in [-0.05, 0) is 18.6 Å². The molecule has 6 heteroatoms. The normalized spacial score (nSPS) is 14.8. The maximum atomic E-state index is 14.0. The number of aryl methyl sites for hydroxylation is 1. The molecule has 0 bridgehead atoms. The Balaban J connectivity index is 1.24. The van der Waals surface area contributed by atoms with Crippen molar-refractivity contribution in [2.45, 2.75) is 26.3 Å². The minimum Gasteiger partial charge on any atom is -0.444 e. The molecular weight excluding hydrogens is 391 g/mol. The molecule has 0 saturated carbocycles.